The molecule has 0 fully saturated rings. The second kappa shape index (κ2) is 7.50. The SMILES string of the molecule is Cc1ccccc1[C@H]1Nc2ccc(C(=O)NCCC(=O)O)cc2[C@@H]2C=CC[C@@H]12. The first-order chi connectivity index (χ1) is 13.5. The minimum Gasteiger partial charge on any atom is -0.481 e. The summed E-state index contributed by atoms with van der Waals surface area (Å²) in [6.07, 6.45) is 5.41. The summed E-state index contributed by atoms with van der Waals surface area (Å²) in [6.45, 7) is 2.28. The largest absolute Gasteiger partial charge is 0.481 e. The zero-order valence-electron chi connectivity index (χ0n) is 15.8. The monoisotopic (exact) mass is 376 g/mol. The van der Waals surface area contributed by atoms with Crippen LogP contribution in [0.25, 0.3) is 0 Å². The molecule has 1 heterocycles. The van der Waals surface area contributed by atoms with Gasteiger partial charge in [0, 0.05) is 23.7 Å². The van der Waals surface area contributed by atoms with E-state index in [0.717, 1.165) is 17.7 Å². The third-order valence-electron chi connectivity index (χ3n) is 5.77. The molecule has 28 heavy (non-hydrogen) atoms. The van der Waals surface area contributed by atoms with Crippen LogP contribution in [-0.4, -0.2) is 23.5 Å². The van der Waals surface area contributed by atoms with Crippen molar-refractivity contribution in [1.29, 1.82) is 0 Å². The van der Waals surface area contributed by atoms with Crippen molar-refractivity contribution in [3.8, 4) is 0 Å². The maximum atomic E-state index is 12.4. The highest BCUT2D eigenvalue weighted by atomic mass is 16.4. The minimum absolute atomic E-state index is 0.0796. The van der Waals surface area contributed by atoms with Gasteiger partial charge in [-0.15, -0.1) is 0 Å². The smallest absolute Gasteiger partial charge is 0.305 e. The fourth-order valence-corrected chi connectivity index (χ4v) is 4.36. The Balaban J connectivity index is 1.61. The zero-order chi connectivity index (χ0) is 19.7. The number of nitrogens with one attached hydrogen (secondary N) is 2. The topological polar surface area (TPSA) is 78.4 Å². The van der Waals surface area contributed by atoms with Crippen molar-refractivity contribution in [3.63, 3.8) is 0 Å². The first-order valence-electron chi connectivity index (χ1n) is 9.67. The number of hydrogen-bond donors (Lipinski definition) is 3. The van der Waals surface area contributed by atoms with Gasteiger partial charge in [0.25, 0.3) is 5.91 Å². The van der Waals surface area contributed by atoms with Crippen molar-refractivity contribution in [2.24, 2.45) is 5.92 Å². The summed E-state index contributed by atoms with van der Waals surface area (Å²) in [5.41, 5.74) is 5.36. The fraction of sp³-hybridized carbons (Fsp3) is 0.304. The standard InChI is InChI=1S/C23H24N2O3/c1-14-5-2-3-6-16(14)22-18-8-4-7-17(18)19-13-15(9-10-20(19)25-22)23(28)24-12-11-21(26)27/h2-7,9-10,13,17-18,22,25H,8,11-12H2,1H3,(H,24,28)(H,26,27)/t17-,18-,22-/m1/s1. The Kier molecular flexibility index (Phi) is 4.90. The number of amides is 1. The number of aryl methyl sites for hydroxylation is 1. The van der Waals surface area contributed by atoms with Gasteiger partial charge in [-0.25, -0.2) is 0 Å². The zero-order valence-corrected chi connectivity index (χ0v) is 15.8. The Morgan fingerprint density at radius 3 is 2.79 bits per heavy atom. The molecule has 1 amide bonds. The van der Waals surface area contributed by atoms with E-state index in [9.17, 15) is 9.59 Å². The van der Waals surface area contributed by atoms with Crippen LogP contribution >= 0.6 is 0 Å². The van der Waals surface area contributed by atoms with Gasteiger partial charge in [-0.05, 0) is 54.2 Å². The lowest BCUT2D eigenvalue weighted by Crippen LogP contribution is -2.30. The van der Waals surface area contributed by atoms with Gasteiger partial charge in [0.1, 0.15) is 0 Å². The molecular weight excluding hydrogens is 352 g/mol. The molecule has 1 aliphatic carbocycles. The number of carbonyl (C=O) groups is 2. The fourth-order valence-electron chi connectivity index (χ4n) is 4.36. The van der Waals surface area contributed by atoms with Crippen LogP contribution in [0, 0.1) is 12.8 Å². The van der Waals surface area contributed by atoms with Gasteiger partial charge < -0.3 is 15.7 Å². The molecule has 0 saturated heterocycles. The number of rotatable bonds is 5. The summed E-state index contributed by atoms with van der Waals surface area (Å²) in [7, 11) is 0. The van der Waals surface area contributed by atoms with E-state index in [1.165, 1.54) is 11.1 Å². The summed E-state index contributed by atoms with van der Waals surface area (Å²) >= 11 is 0. The summed E-state index contributed by atoms with van der Waals surface area (Å²) in [5, 5.41) is 15.1. The Morgan fingerprint density at radius 1 is 1.18 bits per heavy atom. The van der Waals surface area contributed by atoms with E-state index in [0.29, 0.717) is 11.5 Å². The van der Waals surface area contributed by atoms with Gasteiger partial charge >= 0.3 is 5.97 Å². The average molecular weight is 376 g/mol. The molecule has 5 nitrogen and oxygen atoms in total. The lowest BCUT2D eigenvalue weighted by atomic mass is 9.76. The number of hydrogen-bond acceptors (Lipinski definition) is 3. The Labute approximate surface area is 164 Å². The highest BCUT2D eigenvalue weighted by molar-refractivity contribution is 5.95. The lowest BCUT2D eigenvalue weighted by Gasteiger charge is -2.38. The van der Waals surface area contributed by atoms with Crippen molar-refractivity contribution in [1.82, 2.24) is 5.32 Å². The van der Waals surface area contributed by atoms with Gasteiger partial charge in [-0.2, -0.15) is 0 Å². The average Bonchev–Trinajstić information content (AvgIpc) is 3.17. The third-order valence-corrected chi connectivity index (χ3v) is 5.77. The summed E-state index contributed by atoms with van der Waals surface area (Å²) in [4.78, 5) is 23.0. The maximum absolute atomic E-state index is 12.4. The second-order valence-electron chi connectivity index (χ2n) is 7.53. The summed E-state index contributed by atoms with van der Waals surface area (Å²) < 4.78 is 0. The van der Waals surface area contributed by atoms with E-state index in [4.69, 9.17) is 5.11 Å². The quantitative estimate of drug-likeness (QED) is 0.689. The molecule has 3 atom stereocenters. The molecule has 0 unspecified atom stereocenters. The molecule has 0 bridgehead atoms. The van der Waals surface area contributed by atoms with Crippen molar-refractivity contribution >= 4 is 17.6 Å². The van der Waals surface area contributed by atoms with Crippen LogP contribution in [0.5, 0.6) is 0 Å². The molecule has 2 aliphatic rings. The van der Waals surface area contributed by atoms with Crippen LogP contribution in [0.2, 0.25) is 0 Å². The lowest BCUT2D eigenvalue weighted by molar-refractivity contribution is -0.136. The van der Waals surface area contributed by atoms with E-state index in [1.54, 1.807) is 6.07 Å². The molecule has 1 aliphatic heterocycles. The van der Waals surface area contributed by atoms with Crippen LogP contribution in [0.15, 0.2) is 54.6 Å². The highest BCUT2D eigenvalue weighted by Crippen LogP contribution is 2.50. The molecule has 0 aromatic heterocycles. The van der Waals surface area contributed by atoms with Crippen molar-refractivity contribution in [2.75, 3.05) is 11.9 Å². The van der Waals surface area contributed by atoms with Gasteiger partial charge in [-0.3, -0.25) is 9.59 Å². The number of benzene rings is 2. The van der Waals surface area contributed by atoms with Gasteiger partial charge in [0.2, 0.25) is 0 Å². The van der Waals surface area contributed by atoms with Crippen LogP contribution in [0.1, 0.15) is 51.8 Å². The number of allylic oxidation sites excluding steroid dienone is 2. The van der Waals surface area contributed by atoms with Crippen molar-refractivity contribution in [2.45, 2.75) is 31.7 Å². The normalized spacial score (nSPS) is 22.1. The van der Waals surface area contributed by atoms with Crippen LogP contribution in [0.3, 0.4) is 0 Å². The highest BCUT2D eigenvalue weighted by Gasteiger charge is 2.38. The van der Waals surface area contributed by atoms with E-state index in [1.807, 2.05) is 12.1 Å². The third kappa shape index (κ3) is 3.40. The van der Waals surface area contributed by atoms with Crippen molar-refractivity contribution < 1.29 is 14.7 Å². The predicted octanol–water partition coefficient (Wildman–Crippen LogP) is 4.03. The number of carbonyl (C=O) groups excluding carboxylic acids is 1. The Hall–Kier alpha value is -3.08. The predicted molar refractivity (Wildman–Crippen MR) is 109 cm³/mol. The van der Waals surface area contributed by atoms with E-state index in [-0.39, 0.29) is 30.8 Å². The Bertz CT molecular complexity index is 951. The van der Waals surface area contributed by atoms with E-state index < -0.39 is 5.97 Å². The number of carboxylic acids is 1. The molecule has 4 rings (SSSR count). The van der Waals surface area contributed by atoms with Gasteiger partial charge in [-0.1, -0.05) is 36.4 Å². The molecule has 3 N–H and O–H groups in total. The molecule has 0 spiro atoms. The van der Waals surface area contributed by atoms with Gasteiger partial charge in [0.15, 0.2) is 0 Å². The van der Waals surface area contributed by atoms with E-state index >= 15 is 0 Å². The molecule has 2 aromatic rings. The van der Waals surface area contributed by atoms with E-state index in [2.05, 4.69) is 54.0 Å². The maximum Gasteiger partial charge on any atom is 0.305 e. The number of aliphatic carboxylic acids is 1. The van der Waals surface area contributed by atoms with Crippen molar-refractivity contribution in [3.05, 3.63) is 76.9 Å². The Morgan fingerprint density at radius 2 is 2.00 bits per heavy atom. The molecular formula is C23H24N2O3. The van der Waals surface area contributed by atoms with Crippen LogP contribution in [0.4, 0.5) is 5.69 Å². The first-order valence-corrected chi connectivity index (χ1v) is 9.67. The summed E-state index contributed by atoms with van der Waals surface area (Å²) in [6, 6.07) is 14.4. The molecule has 144 valence electrons. The van der Waals surface area contributed by atoms with Gasteiger partial charge in [0.05, 0.1) is 12.5 Å². The molecule has 0 saturated carbocycles. The first kappa shape index (κ1) is 18.3. The molecule has 5 heteroatoms. The second-order valence-corrected chi connectivity index (χ2v) is 7.53. The molecule has 2 aromatic carbocycles. The molecule has 0 radical (unpaired) electrons. The number of fused-ring (bicyclic) bond motifs is 3. The number of carboxylic acid groups (broad SMARTS) is 1. The minimum atomic E-state index is -0.920. The number of anilines is 1. The van der Waals surface area contributed by atoms with Crippen LogP contribution < -0.4 is 10.6 Å². The summed E-state index contributed by atoms with van der Waals surface area (Å²) in [5.74, 6) is -0.466. The van der Waals surface area contributed by atoms with Crippen LogP contribution in [-0.2, 0) is 4.79 Å².